The highest BCUT2D eigenvalue weighted by molar-refractivity contribution is 6.11. The van der Waals surface area contributed by atoms with E-state index >= 15 is 0 Å². The Labute approximate surface area is 248 Å². The first-order chi connectivity index (χ1) is 20.5. The lowest BCUT2D eigenvalue weighted by molar-refractivity contribution is -0.253. The number of carbonyl (C=O) groups excluding carboxylic acids is 3. The minimum atomic E-state index is -1.29. The Kier molecular flexibility index (Phi) is 11.9. The molecule has 0 atom stereocenters. The third kappa shape index (κ3) is 9.18. The number of carbonyl (C=O) groups is 4. The second-order valence-corrected chi connectivity index (χ2v) is 9.82. The molecule has 0 aromatic heterocycles. The van der Waals surface area contributed by atoms with Crippen LogP contribution in [0.2, 0.25) is 0 Å². The van der Waals surface area contributed by atoms with Gasteiger partial charge in [-0.1, -0.05) is 32.0 Å². The molecule has 3 aromatic carbocycles. The summed E-state index contributed by atoms with van der Waals surface area (Å²) >= 11 is 0. The van der Waals surface area contributed by atoms with E-state index in [9.17, 15) is 24.3 Å². The molecule has 12 nitrogen and oxygen atoms in total. The lowest BCUT2D eigenvalue weighted by atomic mass is 9.95. The maximum Gasteiger partial charge on any atom is 0.338 e. The summed E-state index contributed by atoms with van der Waals surface area (Å²) in [6, 6.07) is 14.2. The smallest absolute Gasteiger partial charge is 0.338 e. The monoisotopic (exact) mass is 594 g/mol. The molecule has 0 aliphatic carbocycles. The van der Waals surface area contributed by atoms with Gasteiger partial charge in [-0.15, -0.1) is 0 Å². The lowest BCUT2D eigenvalue weighted by Crippen LogP contribution is -2.18. The van der Waals surface area contributed by atoms with Gasteiger partial charge in [0.1, 0.15) is 19.8 Å². The summed E-state index contributed by atoms with van der Waals surface area (Å²) in [5, 5.41) is 21.4. The maximum absolute atomic E-state index is 13.4. The molecule has 0 aliphatic rings. The number of esters is 2. The number of carboxylic acid groups (broad SMARTS) is 1. The highest BCUT2D eigenvalue weighted by atomic mass is 17.1. The van der Waals surface area contributed by atoms with Crippen molar-refractivity contribution in [2.45, 2.75) is 34.0 Å². The van der Waals surface area contributed by atoms with Gasteiger partial charge in [-0.3, -0.25) is 19.7 Å². The summed E-state index contributed by atoms with van der Waals surface area (Å²) < 4.78 is 10.2. The molecule has 0 heterocycles. The third-order valence-corrected chi connectivity index (χ3v) is 6.23. The van der Waals surface area contributed by atoms with Crippen LogP contribution < -0.4 is 10.8 Å². The first-order valence-electron chi connectivity index (χ1n) is 13.3. The number of nitrogens with one attached hydrogen (secondary N) is 2. The average molecular weight is 595 g/mol. The van der Waals surface area contributed by atoms with E-state index in [0.29, 0.717) is 27.8 Å². The highest BCUT2D eigenvalue weighted by Gasteiger charge is 2.20. The Morgan fingerprint density at radius 3 is 2.21 bits per heavy atom. The van der Waals surface area contributed by atoms with Gasteiger partial charge >= 0.3 is 17.9 Å². The van der Waals surface area contributed by atoms with Crippen molar-refractivity contribution in [3.05, 3.63) is 88.0 Å². The van der Waals surface area contributed by atoms with Crippen molar-refractivity contribution in [3.63, 3.8) is 0 Å². The van der Waals surface area contributed by atoms with E-state index < -0.39 is 23.8 Å². The molecule has 0 saturated heterocycles. The number of rotatable bonds is 14. The first kappa shape index (κ1) is 32.9. The van der Waals surface area contributed by atoms with Crippen molar-refractivity contribution in [1.29, 1.82) is 0 Å². The van der Waals surface area contributed by atoms with Crippen molar-refractivity contribution in [2.75, 3.05) is 25.6 Å². The van der Waals surface area contributed by atoms with E-state index in [0.717, 1.165) is 0 Å². The van der Waals surface area contributed by atoms with Gasteiger partial charge in [0.2, 0.25) is 0 Å². The summed E-state index contributed by atoms with van der Waals surface area (Å²) in [5.74, 6) is -3.38. The molecule has 0 radical (unpaired) electrons. The van der Waals surface area contributed by atoms with E-state index in [4.69, 9.17) is 19.6 Å². The summed E-state index contributed by atoms with van der Waals surface area (Å²) in [5.41, 5.74) is 5.92. The fourth-order valence-electron chi connectivity index (χ4n) is 4.10. The van der Waals surface area contributed by atoms with Crippen molar-refractivity contribution in [2.24, 2.45) is 5.92 Å². The van der Waals surface area contributed by atoms with Crippen molar-refractivity contribution < 1.29 is 48.7 Å². The number of hydroxylamine groups is 1. The zero-order chi connectivity index (χ0) is 31.5. The van der Waals surface area contributed by atoms with Gasteiger partial charge in [0.05, 0.1) is 29.2 Å². The minimum Gasteiger partial charge on any atom is -0.478 e. The normalized spacial score (nSPS) is 10.8. The van der Waals surface area contributed by atoms with Crippen LogP contribution in [0.5, 0.6) is 0 Å². The van der Waals surface area contributed by atoms with E-state index in [-0.39, 0.29) is 54.7 Å². The molecule has 0 bridgehead atoms. The van der Waals surface area contributed by atoms with E-state index in [1.807, 2.05) is 0 Å². The first-order valence-corrected chi connectivity index (χ1v) is 13.3. The van der Waals surface area contributed by atoms with Crippen LogP contribution in [0.4, 0.5) is 5.69 Å². The Morgan fingerprint density at radius 2 is 1.53 bits per heavy atom. The van der Waals surface area contributed by atoms with Crippen LogP contribution in [0, 0.1) is 12.8 Å². The van der Waals surface area contributed by atoms with Crippen LogP contribution in [0.1, 0.15) is 61.6 Å². The van der Waals surface area contributed by atoms with Crippen LogP contribution in [0.15, 0.2) is 54.6 Å². The quantitative estimate of drug-likeness (QED) is 0.0890. The average Bonchev–Trinajstić information content (AvgIpc) is 2.97. The number of carboxylic acids is 1. The molecule has 0 aliphatic heterocycles. The van der Waals surface area contributed by atoms with E-state index in [1.54, 1.807) is 64.2 Å². The van der Waals surface area contributed by atoms with Crippen molar-refractivity contribution in [1.82, 2.24) is 5.48 Å². The number of ether oxygens (including phenoxy) is 2. The molecule has 43 heavy (non-hydrogen) atoms. The number of hydrogen-bond donors (Lipinski definition) is 4. The van der Waals surface area contributed by atoms with Crippen molar-refractivity contribution in [3.8, 4) is 11.1 Å². The Balaban J connectivity index is 1.84. The summed E-state index contributed by atoms with van der Waals surface area (Å²) in [7, 11) is 1.61. The van der Waals surface area contributed by atoms with Gasteiger partial charge in [0.25, 0.3) is 5.91 Å². The van der Waals surface area contributed by atoms with E-state index in [2.05, 4.69) is 15.7 Å². The highest BCUT2D eigenvalue weighted by Crippen LogP contribution is 2.27. The molecule has 12 heteroatoms. The predicted molar refractivity (Wildman–Crippen MR) is 155 cm³/mol. The van der Waals surface area contributed by atoms with Gasteiger partial charge in [-0.05, 0) is 71.1 Å². The molecule has 0 spiro atoms. The molecule has 3 aromatic rings. The molecule has 0 fully saturated rings. The third-order valence-electron chi connectivity index (χ3n) is 6.23. The zero-order valence-electron chi connectivity index (χ0n) is 24.3. The van der Waals surface area contributed by atoms with Crippen LogP contribution in [-0.2, 0) is 37.2 Å². The van der Waals surface area contributed by atoms with Gasteiger partial charge in [-0.25, -0.2) is 20.0 Å². The topological polar surface area (TPSA) is 170 Å². The summed E-state index contributed by atoms with van der Waals surface area (Å²) in [6.45, 7) is 4.97. The largest absolute Gasteiger partial charge is 0.478 e. The van der Waals surface area contributed by atoms with Crippen LogP contribution in [0.3, 0.4) is 0 Å². The van der Waals surface area contributed by atoms with Gasteiger partial charge in [0.15, 0.2) is 0 Å². The predicted octanol–water partition coefficient (Wildman–Crippen LogP) is 4.61. The molecule has 228 valence electrons. The number of hydrogen-bond acceptors (Lipinski definition) is 10. The number of aromatic carboxylic acids is 1. The van der Waals surface area contributed by atoms with E-state index in [1.165, 1.54) is 18.2 Å². The standard InChI is InChI=1S/C31H34N2O10/c1-18(2)30(37)40-9-10-41-31(38)23-11-19(3)12-25(14-23)33-28(34)27-15-21(7-8-26(27)29(35)36)20-5-6-22(17-43-39)24(13-20)16-42-32-4/h5-8,11-15,18,32,39H,9-10,16-17H2,1-4H3,(H,33,34)(H,35,36). The molecule has 0 unspecified atom stereocenters. The molecule has 3 rings (SSSR count). The fraction of sp³-hybridized carbons (Fsp3) is 0.290. The number of anilines is 1. The molecular formula is C31H34N2O10. The van der Waals surface area contributed by atoms with Crippen LogP contribution in [-0.4, -0.2) is 54.4 Å². The fourth-order valence-corrected chi connectivity index (χ4v) is 4.10. The number of aryl methyl sites for hydroxylation is 1. The SMILES string of the molecule is CNOCc1cc(-c2ccc(C(=O)O)c(C(=O)Nc3cc(C)cc(C(=O)OCCOC(=O)C(C)C)c3)c2)ccc1COO. The van der Waals surface area contributed by atoms with Gasteiger partial charge in [-0.2, -0.15) is 0 Å². The van der Waals surface area contributed by atoms with Crippen LogP contribution in [0.25, 0.3) is 11.1 Å². The molecule has 0 saturated carbocycles. The van der Waals surface area contributed by atoms with Gasteiger partial charge < -0.3 is 19.9 Å². The Bertz CT molecular complexity index is 1490. The summed E-state index contributed by atoms with van der Waals surface area (Å²) in [4.78, 5) is 59.1. The van der Waals surface area contributed by atoms with Gasteiger partial charge in [0, 0.05) is 12.7 Å². The molecule has 1 amide bonds. The molecular weight excluding hydrogens is 560 g/mol. The lowest BCUT2D eigenvalue weighted by Gasteiger charge is -2.14. The summed E-state index contributed by atoms with van der Waals surface area (Å²) in [6.07, 6.45) is 0. The Hall–Kier alpha value is -4.62. The maximum atomic E-state index is 13.4. The number of amides is 1. The van der Waals surface area contributed by atoms with Crippen LogP contribution >= 0.6 is 0 Å². The second kappa shape index (κ2) is 15.6. The van der Waals surface area contributed by atoms with Crippen molar-refractivity contribution >= 4 is 29.5 Å². The second-order valence-electron chi connectivity index (χ2n) is 9.82. The Morgan fingerprint density at radius 1 is 0.837 bits per heavy atom. The molecule has 4 N–H and O–H groups in total. The minimum absolute atomic E-state index is 0.0636. The number of benzene rings is 3. The zero-order valence-corrected chi connectivity index (χ0v) is 24.3.